The summed E-state index contributed by atoms with van der Waals surface area (Å²) in [7, 11) is 0. The van der Waals surface area contributed by atoms with Crippen LogP contribution >= 0.6 is 0 Å². The molecule has 0 saturated carbocycles. The fourth-order valence-electron chi connectivity index (χ4n) is 1.56. The summed E-state index contributed by atoms with van der Waals surface area (Å²) < 4.78 is 0. The third-order valence-electron chi connectivity index (χ3n) is 2.39. The van der Waals surface area contributed by atoms with Crippen molar-refractivity contribution in [1.29, 1.82) is 0 Å². The Hall–Kier alpha value is -1.61. The summed E-state index contributed by atoms with van der Waals surface area (Å²) in [5.41, 5.74) is 2.51. The van der Waals surface area contributed by atoms with Crippen LogP contribution in [0, 0.1) is 6.92 Å². The molecule has 1 aromatic rings. The molecule has 0 heterocycles. The molecule has 0 fully saturated rings. The lowest BCUT2D eigenvalue weighted by atomic mass is 10.1. The number of rotatable bonds is 7. The fourth-order valence-corrected chi connectivity index (χ4v) is 1.56. The molecule has 1 aromatic carbocycles. The summed E-state index contributed by atoms with van der Waals surface area (Å²) in [6.07, 6.45) is 2.61. The van der Waals surface area contributed by atoms with Gasteiger partial charge in [-0.05, 0) is 18.9 Å². The zero-order valence-corrected chi connectivity index (χ0v) is 10.3. The Morgan fingerprint density at radius 2 is 2.29 bits per heavy atom. The first-order valence-corrected chi connectivity index (χ1v) is 5.86. The first-order valence-electron chi connectivity index (χ1n) is 5.86. The Morgan fingerprint density at radius 1 is 1.47 bits per heavy atom. The van der Waals surface area contributed by atoms with Gasteiger partial charge < -0.3 is 10.6 Å². The van der Waals surface area contributed by atoms with Crippen LogP contribution in [0.2, 0.25) is 0 Å². The van der Waals surface area contributed by atoms with Crippen molar-refractivity contribution < 1.29 is 4.79 Å². The zero-order valence-electron chi connectivity index (χ0n) is 10.3. The van der Waals surface area contributed by atoms with Crippen LogP contribution in [0.5, 0.6) is 0 Å². The molecule has 0 unspecified atom stereocenters. The largest absolute Gasteiger partial charge is 0.355 e. The summed E-state index contributed by atoms with van der Waals surface area (Å²) >= 11 is 0. The highest BCUT2D eigenvalue weighted by molar-refractivity contribution is 5.77. The fraction of sp³-hybridized carbons (Fsp3) is 0.357. The van der Waals surface area contributed by atoms with Crippen molar-refractivity contribution in [2.75, 3.05) is 19.6 Å². The maximum absolute atomic E-state index is 11.4. The van der Waals surface area contributed by atoms with Crippen LogP contribution in [0.3, 0.4) is 0 Å². The van der Waals surface area contributed by atoms with Crippen molar-refractivity contribution in [1.82, 2.24) is 10.6 Å². The van der Waals surface area contributed by atoms with Gasteiger partial charge in [0.15, 0.2) is 0 Å². The average molecular weight is 232 g/mol. The smallest absolute Gasteiger partial charge is 0.233 e. The summed E-state index contributed by atoms with van der Waals surface area (Å²) in [5.74, 6) is 0.0273. The standard InChI is InChI=1S/C14H20N2O/c1-3-8-15-11-14(17)16-9-7-13-6-4-5-12(2)10-13/h3-6,10,15H,1,7-9,11H2,2H3,(H,16,17). The van der Waals surface area contributed by atoms with E-state index in [0.717, 1.165) is 6.42 Å². The topological polar surface area (TPSA) is 41.1 Å². The van der Waals surface area contributed by atoms with Crippen LogP contribution in [-0.2, 0) is 11.2 Å². The highest BCUT2D eigenvalue weighted by atomic mass is 16.1. The lowest BCUT2D eigenvalue weighted by Gasteiger charge is -2.06. The van der Waals surface area contributed by atoms with Gasteiger partial charge in [0, 0.05) is 13.1 Å². The minimum Gasteiger partial charge on any atom is -0.355 e. The second-order valence-electron chi connectivity index (χ2n) is 4.01. The van der Waals surface area contributed by atoms with Gasteiger partial charge >= 0.3 is 0 Å². The Bertz CT molecular complexity index is 374. The monoisotopic (exact) mass is 232 g/mol. The molecule has 0 aliphatic heterocycles. The minimum absolute atomic E-state index is 0.0273. The Labute approximate surface area is 103 Å². The predicted molar refractivity (Wildman–Crippen MR) is 71.0 cm³/mol. The van der Waals surface area contributed by atoms with Gasteiger partial charge in [-0.1, -0.05) is 35.9 Å². The number of hydrogen-bond donors (Lipinski definition) is 2. The van der Waals surface area contributed by atoms with Crippen molar-refractivity contribution in [3.63, 3.8) is 0 Å². The molecule has 0 aliphatic carbocycles. The molecule has 1 rings (SSSR count). The van der Waals surface area contributed by atoms with Crippen LogP contribution in [0.15, 0.2) is 36.9 Å². The summed E-state index contributed by atoms with van der Waals surface area (Å²) in [6, 6.07) is 8.33. The average Bonchev–Trinajstić information content (AvgIpc) is 2.29. The number of carbonyl (C=O) groups excluding carboxylic acids is 1. The van der Waals surface area contributed by atoms with Crippen molar-refractivity contribution in [2.45, 2.75) is 13.3 Å². The van der Waals surface area contributed by atoms with Crippen LogP contribution in [0.1, 0.15) is 11.1 Å². The maximum Gasteiger partial charge on any atom is 0.233 e. The van der Waals surface area contributed by atoms with E-state index in [-0.39, 0.29) is 5.91 Å². The molecule has 0 bridgehead atoms. The van der Waals surface area contributed by atoms with Gasteiger partial charge in [0.05, 0.1) is 6.54 Å². The molecule has 92 valence electrons. The summed E-state index contributed by atoms with van der Waals surface area (Å²) in [6.45, 7) is 7.33. The third-order valence-corrected chi connectivity index (χ3v) is 2.39. The van der Waals surface area contributed by atoms with E-state index in [2.05, 4.69) is 42.3 Å². The first-order chi connectivity index (χ1) is 8.22. The van der Waals surface area contributed by atoms with Crippen LogP contribution < -0.4 is 10.6 Å². The SMILES string of the molecule is C=CCNCC(=O)NCCc1cccc(C)c1. The van der Waals surface area contributed by atoms with E-state index >= 15 is 0 Å². The van der Waals surface area contributed by atoms with E-state index in [0.29, 0.717) is 19.6 Å². The van der Waals surface area contributed by atoms with Gasteiger partial charge in [-0.25, -0.2) is 0 Å². The minimum atomic E-state index is 0.0273. The maximum atomic E-state index is 11.4. The molecule has 3 heteroatoms. The van der Waals surface area contributed by atoms with Crippen LogP contribution in [0.4, 0.5) is 0 Å². The van der Waals surface area contributed by atoms with Gasteiger partial charge in [-0.2, -0.15) is 0 Å². The number of aryl methyl sites for hydroxylation is 1. The van der Waals surface area contributed by atoms with Crippen molar-refractivity contribution in [2.24, 2.45) is 0 Å². The highest BCUT2D eigenvalue weighted by Gasteiger charge is 1.99. The van der Waals surface area contributed by atoms with Crippen molar-refractivity contribution in [3.05, 3.63) is 48.0 Å². The van der Waals surface area contributed by atoms with Crippen LogP contribution in [0.25, 0.3) is 0 Å². The molecule has 0 aliphatic rings. The number of hydrogen-bond acceptors (Lipinski definition) is 2. The Kier molecular flexibility index (Phi) is 6.04. The molecule has 3 nitrogen and oxygen atoms in total. The van der Waals surface area contributed by atoms with Gasteiger partial charge in [-0.15, -0.1) is 6.58 Å². The number of benzene rings is 1. The number of nitrogens with one attached hydrogen (secondary N) is 2. The highest BCUT2D eigenvalue weighted by Crippen LogP contribution is 2.03. The second kappa shape index (κ2) is 7.63. The van der Waals surface area contributed by atoms with E-state index in [9.17, 15) is 4.79 Å². The molecule has 17 heavy (non-hydrogen) atoms. The molecule has 1 amide bonds. The first kappa shape index (κ1) is 13.5. The van der Waals surface area contributed by atoms with Gasteiger partial charge in [0.2, 0.25) is 5.91 Å². The molecule has 0 saturated heterocycles. The summed E-state index contributed by atoms with van der Waals surface area (Å²) in [5, 5.41) is 5.84. The Morgan fingerprint density at radius 3 is 3.00 bits per heavy atom. The predicted octanol–water partition coefficient (Wildman–Crippen LogP) is 1.43. The van der Waals surface area contributed by atoms with E-state index in [1.807, 2.05) is 6.07 Å². The zero-order chi connectivity index (χ0) is 12.5. The van der Waals surface area contributed by atoms with E-state index in [4.69, 9.17) is 0 Å². The van der Waals surface area contributed by atoms with E-state index < -0.39 is 0 Å². The lowest BCUT2D eigenvalue weighted by molar-refractivity contribution is -0.120. The van der Waals surface area contributed by atoms with E-state index in [1.165, 1.54) is 11.1 Å². The molecule has 0 spiro atoms. The number of amides is 1. The Balaban J connectivity index is 2.19. The van der Waals surface area contributed by atoms with Gasteiger partial charge in [-0.3, -0.25) is 4.79 Å². The quantitative estimate of drug-likeness (QED) is 0.551. The molecular weight excluding hydrogens is 212 g/mol. The second-order valence-corrected chi connectivity index (χ2v) is 4.01. The molecular formula is C14H20N2O. The lowest BCUT2D eigenvalue weighted by Crippen LogP contribution is -2.34. The van der Waals surface area contributed by atoms with Crippen LogP contribution in [-0.4, -0.2) is 25.5 Å². The third kappa shape index (κ3) is 5.88. The van der Waals surface area contributed by atoms with Crippen molar-refractivity contribution in [3.8, 4) is 0 Å². The number of carbonyl (C=O) groups is 1. The molecule has 2 N–H and O–H groups in total. The van der Waals surface area contributed by atoms with Gasteiger partial charge in [0.1, 0.15) is 0 Å². The molecule has 0 atom stereocenters. The normalized spacial score (nSPS) is 9.94. The molecule has 0 aromatic heterocycles. The van der Waals surface area contributed by atoms with Gasteiger partial charge in [0.25, 0.3) is 0 Å². The van der Waals surface area contributed by atoms with E-state index in [1.54, 1.807) is 6.08 Å². The molecule has 0 radical (unpaired) electrons. The summed E-state index contributed by atoms with van der Waals surface area (Å²) in [4.78, 5) is 11.4. The van der Waals surface area contributed by atoms with Crippen molar-refractivity contribution >= 4 is 5.91 Å².